The maximum Gasteiger partial charge on any atom is 0.413 e. The number of phenols is 3. The Balaban J connectivity index is 0.939. The van der Waals surface area contributed by atoms with E-state index in [0.29, 0.717) is 9.92 Å². The Kier molecular flexibility index (Phi) is 36.4. The van der Waals surface area contributed by atoms with Gasteiger partial charge in [0.1, 0.15) is 102 Å². The van der Waals surface area contributed by atoms with E-state index in [1.165, 1.54) is 26.8 Å². The van der Waals surface area contributed by atoms with Crippen LogP contribution < -0.4 is 79.3 Å². The number of esters is 1. The number of nitrogens with zero attached hydrogens (tertiary/aromatic N) is 1. The summed E-state index contributed by atoms with van der Waals surface area (Å²) >= 11 is 20.9. The van der Waals surface area contributed by atoms with Gasteiger partial charge in [-0.15, -0.1) is 0 Å². The minimum Gasteiger partial charge on any atom is -0.508 e. The molecule has 15 rings (SSSR count). The summed E-state index contributed by atoms with van der Waals surface area (Å²) in [4.78, 5) is 195. The Hall–Kier alpha value is -12.8. The second-order valence-corrected chi connectivity index (χ2v) is 40.8. The minimum atomic E-state index is -5.16. The van der Waals surface area contributed by atoms with Crippen LogP contribution in [-0.4, -0.2) is 284 Å². The molecule has 8 heterocycles. The lowest BCUT2D eigenvalue weighted by atomic mass is 9.84. The highest BCUT2D eigenvalue weighted by molar-refractivity contribution is 7.52. The number of nitrogens with two attached hydrogens (primary N) is 3. The van der Waals surface area contributed by atoms with Crippen LogP contribution in [-0.2, 0) is 97.0 Å². The number of fused-ring (bicyclic) bond motifs is 15. The van der Waals surface area contributed by atoms with E-state index < -0.39 is 359 Å². The van der Waals surface area contributed by atoms with Crippen LogP contribution in [0.5, 0.6) is 46.0 Å². The molecular formula is C97H115Cl3N13O36P. The molecule has 28 N–H and O–H groups in total. The Morgan fingerprint density at radius 2 is 1.24 bits per heavy atom. The molecule has 25 atom stereocenters. The molecule has 11 bridgehead atoms. The van der Waals surface area contributed by atoms with Gasteiger partial charge in [0.25, 0.3) is 0 Å². The van der Waals surface area contributed by atoms with Crippen LogP contribution in [0, 0.1) is 5.92 Å². The summed E-state index contributed by atoms with van der Waals surface area (Å²) in [5, 5.41) is 149. The van der Waals surface area contributed by atoms with Crippen LogP contribution in [0.3, 0.4) is 0 Å². The number of ether oxygens (including phenoxy) is 10. The van der Waals surface area contributed by atoms with Gasteiger partial charge in [0.15, 0.2) is 36.2 Å². The largest absolute Gasteiger partial charge is 0.508 e. The van der Waals surface area contributed by atoms with Gasteiger partial charge in [0.2, 0.25) is 78.0 Å². The van der Waals surface area contributed by atoms with Crippen molar-refractivity contribution in [3.63, 3.8) is 0 Å². The van der Waals surface area contributed by atoms with Crippen molar-refractivity contribution >= 4 is 114 Å². The Labute approximate surface area is 869 Å². The summed E-state index contributed by atoms with van der Waals surface area (Å²) < 4.78 is 74.5. The number of primary amides is 1. The third-order valence-corrected chi connectivity index (χ3v) is 27.6. The lowest BCUT2D eigenvalue weighted by Crippen LogP contribution is -2.65. The average Bonchev–Trinajstić information content (AvgIpc) is 0.759. The number of carboxylic acid groups (broad SMARTS) is 1. The monoisotopic (exact) mass is 2170 g/mol. The third kappa shape index (κ3) is 26.8. The van der Waals surface area contributed by atoms with Crippen molar-refractivity contribution in [3.05, 3.63) is 176 Å². The number of hydrogen-bond acceptors (Lipinski definition) is 36. The van der Waals surface area contributed by atoms with Gasteiger partial charge in [-0.25, -0.2) is 14.4 Å². The first kappa shape index (κ1) is 114. The standard InChI is InChI=1S/C97H115Cl3N13O36P/c1-39(2)25-58(113(8)95(136)141-38-140-92(134)40(3)105-84(125)56(101)20-24-67(119)107-94(135)150(137,138)139)86(127)111-74-76(120)47-16-22-61(54(99)27-47)144-63-29-49-30-64(80(63)149-93-81(78(122)77(121)65(37-114)146-93)148-69-35-97(7,83(124)42(5)143-69)104-36-43-9-11-44(12-10-43)45-13-18-50(98)19-14-45)145-62-23-17-48(28-55(62)100)79(147-68-34-96(6,103)82(123)41(4)142-68)75-90(131)110-73(91(132)133)53-31-51(115)32-60(117)70(53)52-26-46(15-21-59(52)116)71(87(128)112-75)109-88(129)72(49)108-85(126)57(33-66(102)118)106-89(74)130/h9-19,21-23,26-32,39-42,56-58,65,68-69,71-79,81-83,93-94,104,114-117,120-124,135H,20,24-25,33-38,101,103H2,1-8H3,(H2,102,118)(H,105,125)(H,106,130)(H,107,119)(H,108,126)(H,109,129)(H,110,131)(H,111,127)(H,112,128)(H,132,133)(H2,137,138,139)/t40?,41-,42-,56?,57-,58+,65+,68-,69-,71+,72+,73-,74+,75-,76+,77+,78-,79+,81+,82-,83-,93-,94?,96-,97-/m0/s1. The predicted molar refractivity (Wildman–Crippen MR) is 522 cm³/mol. The number of carbonyl (C=O) groups excluding carboxylic acids is 11. The number of phenolic OH excluding ortho intramolecular Hbond substituents is 3. The number of aliphatic hydroxyl groups is 7. The molecule has 0 saturated carbocycles. The Morgan fingerprint density at radius 3 is 1.85 bits per heavy atom. The summed E-state index contributed by atoms with van der Waals surface area (Å²) in [6, 6.07) is 8.57. The Morgan fingerprint density at radius 1 is 0.647 bits per heavy atom. The fourth-order valence-corrected chi connectivity index (χ4v) is 18.7. The summed E-state index contributed by atoms with van der Waals surface area (Å²) in [7, 11) is -4.13. The van der Waals surface area contributed by atoms with Gasteiger partial charge in [0.05, 0.1) is 53.5 Å². The maximum atomic E-state index is 16.8. The van der Waals surface area contributed by atoms with Crippen LogP contribution in [0.2, 0.25) is 15.1 Å². The van der Waals surface area contributed by atoms with Crippen molar-refractivity contribution in [3.8, 4) is 68.2 Å². The number of carbonyl (C=O) groups is 12. The van der Waals surface area contributed by atoms with E-state index >= 15 is 28.8 Å². The molecule has 8 aliphatic heterocycles. The molecule has 0 radical (unpaired) electrons. The molecule has 10 amide bonds. The number of nitrogens with one attached hydrogen (secondary N) is 9. The van der Waals surface area contributed by atoms with E-state index in [0.717, 1.165) is 103 Å². The molecule has 0 aliphatic carbocycles. The summed E-state index contributed by atoms with van der Waals surface area (Å²) in [6.45, 7) is 8.25. The van der Waals surface area contributed by atoms with Crippen LogP contribution in [0.25, 0.3) is 22.3 Å². The van der Waals surface area contributed by atoms with Crippen molar-refractivity contribution < 1.29 is 175 Å². The molecule has 810 valence electrons. The fraction of sp³-hybridized carbons (Fsp3) is 0.443. The number of carboxylic acids is 1. The van der Waals surface area contributed by atoms with E-state index in [1.807, 2.05) is 36.4 Å². The smallest absolute Gasteiger partial charge is 0.413 e. The van der Waals surface area contributed by atoms with Gasteiger partial charge in [-0.1, -0.05) is 103 Å². The topological polar surface area (TPSA) is 767 Å². The number of halogens is 3. The number of aliphatic hydroxyl groups excluding tert-OH is 7. The van der Waals surface area contributed by atoms with Gasteiger partial charge < -0.3 is 178 Å². The normalized spacial score (nSPS) is 27.3. The van der Waals surface area contributed by atoms with Crippen molar-refractivity contribution in [1.82, 2.24) is 52.8 Å². The Bertz CT molecular complexity index is 6300. The molecule has 150 heavy (non-hydrogen) atoms. The first-order valence-corrected chi connectivity index (χ1v) is 49.7. The second-order valence-electron chi connectivity index (χ2n) is 37.9. The zero-order chi connectivity index (χ0) is 110. The van der Waals surface area contributed by atoms with E-state index in [1.54, 1.807) is 38.2 Å². The molecule has 0 spiro atoms. The van der Waals surface area contributed by atoms with Crippen LogP contribution >= 0.6 is 42.4 Å². The number of likely N-dealkylation sites (N-methyl/N-ethyl adjacent to an activating group) is 1. The first-order chi connectivity index (χ1) is 70.6. The molecule has 49 nitrogen and oxygen atoms in total. The zero-order valence-corrected chi connectivity index (χ0v) is 84.5. The molecule has 53 heteroatoms. The summed E-state index contributed by atoms with van der Waals surface area (Å²) in [5.74, 6) is -24.5. The van der Waals surface area contributed by atoms with Crippen molar-refractivity contribution in [2.24, 2.45) is 23.1 Å². The van der Waals surface area contributed by atoms with Crippen molar-refractivity contribution in [1.29, 1.82) is 0 Å². The van der Waals surface area contributed by atoms with Gasteiger partial charge >= 0.3 is 25.6 Å². The van der Waals surface area contributed by atoms with Gasteiger partial charge in [-0.05, 0) is 159 Å². The molecule has 0 aromatic heterocycles. The second kappa shape index (κ2) is 47.8. The third-order valence-electron chi connectivity index (χ3n) is 26.0. The number of hydrogen-bond donors (Lipinski definition) is 25. The molecule has 3 fully saturated rings. The zero-order valence-electron chi connectivity index (χ0n) is 81.3. The van der Waals surface area contributed by atoms with Crippen LogP contribution in [0.15, 0.2) is 127 Å². The van der Waals surface area contributed by atoms with Crippen molar-refractivity contribution in [2.45, 2.75) is 245 Å². The van der Waals surface area contributed by atoms with Crippen molar-refractivity contribution in [2.75, 3.05) is 20.4 Å². The number of aromatic hydroxyl groups is 3. The maximum absolute atomic E-state index is 16.8. The SMILES string of the molecule is CC(C)C[C@H](C(=O)N[C@H]1C(=O)N[C@@H](CC(N)=O)C(=O)N[C@H]2C(=O)N[C@H]3C(=O)N[C@H](C(=O)N[C@H](C(=O)O)c4cc(O)cc(O)c4-c4cc3ccc4O)[C@H](O[C@H]3C[C@](C)(N)[C@@H](O)[C@H](C)O3)c3ccc(c(Cl)c3)Oc3cc2cc(c3O[C@@H]2O[C@H](CO)[C@@H](O)[C@H](O)[C@H]2O[C@H]2C[C@](C)(NCc3ccc(-c4ccc(Cl)cc4)cc3)[C@@H](O)[C@H](C)O2)Oc2ccc(cc2Cl)[C@H]1O)N(C)C(=O)OCOC(=O)C(C)NC(=O)C(N)CCC(=O)NC(O)P(=O)(O)O. The number of rotatable bonds is 29. The first-order valence-electron chi connectivity index (χ1n) is 46.9. The van der Waals surface area contributed by atoms with E-state index in [2.05, 4.69) is 42.5 Å². The van der Waals surface area contributed by atoms with Gasteiger partial charge in [-0.2, -0.15) is 0 Å². The fourth-order valence-electron chi connectivity index (χ4n) is 17.8. The number of aliphatic carboxylic acids is 1. The number of amides is 10. The highest BCUT2D eigenvalue weighted by Gasteiger charge is 2.54. The summed E-state index contributed by atoms with van der Waals surface area (Å²) in [5.41, 5.74) is 14.7. The minimum absolute atomic E-state index is 0.143. The highest BCUT2D eigenvalue weighted by Crippen LogP contribution is 2.51. The molecule has 8 aliphatic rings. The van der Waals surface area contributed by atoms with E-state index in [-0.39, 0.29) is 30.5 Å². The lowest BCUT2D eigenvalue weighted by Gasteiger charge is -2.48. The predicted octanol–water partition coefficient (Wildman–Crippen LogP) is 2.03. The highest BCUT2D eigenvalue weighted by atomic mass is 35.5. The van der Waals surface area contributed by atoms with E-state index in [9.17, 15) is 89.5 Å². The van der Waals surface area contributed by atoms with Gasteiger partial charge in [-0.3, -0.25) is 52.6 Å². The van der Waals surface area contributed by atoms with E-state index in [4.69, 9.17) is 109 Å². The molecule has 7 aromatic rings. The summed E-state index contributed by atoms with van der Waals surface area (Å²) in [6.07, 6.45) is -27.4. The molecule has 3 unspecified atom stereocenters. The molecule has 7 aromatic carbocycles. The van der Waals surface area contributed by atoms with Crippen LogP contribution in [0.1, 0.15) is 151 Å². The average molecular weight is 2180 g/mol. The van der Waals surface area contributed by atoms with Crippen LogP contribution in [0.4, 0.5) is 4.79 Å². The molecule has 3 saturated heterocycles. The quantitative estimate of drug-likeness (QED) is 0.0181. The number of benzene rings is 7. The lowest BCUT2D eigenvalue weighted by molar-refractivity contribution is -0.334. The van der Waals surface area contributed by atoms with Gasteiger partial charge in [0, 0.05) is 71.7 Å². The molecular weight excluding hydrogens is 2060 g/mol.